The van der Waals surface area contributed by atoms with Crippen LogP contribution >= 0.6 is 0 Å². The number of amides is 1. The minimum atomic E-state index is -3.67. The molecule has 0 saturated carbocycles. The van der Waals surface area contributed by atoms with Gasteiger partial charge in [-0.15, -0.1) is 0 Å². The minimum absolute atomic E-state index is 0.0279. The number of aliphatic hydroxyl groups excluding tert-OH is 1. The average Bonchev–Trinajstić information content (AvgIpc) is 2.38. The first-order valence-electron chi connectivity index (χ1n) is 6.80. The number of hydrogen-bond acceptors (Lipinski definition) is 4. The molecule has 0 bridgehead atoms. The summed E-state index contributed by atoms with van der Waals surface area (Å²) >= 11 is 0. The molecule has 0 radical (unpaired) electrons. The molecule has 1 rings (SSSR count). The molecule has 3 N–H and O–H groups in total. The maximum Gasteiger partial charge on any atom is 0.251 e. The Morgan fingerprint density at radius 2 is 2.00 bits per heavy atom. The highest BCUT2D eigenvalue weighted by molar-refractivity contribution is 7.89. The predicted octanol–water partition coefficient (Wildman–Crippen LogP) is 0.794. The van der Waals surface area contributed by atoms with Crippen LogP contribution in [0.2, 0.25) is 0 Å². The Balaban J connectivity index is 3.03. The second-order valence-electron chi connectivity index (χ2n) is 5.08. The smallest absolute Gasteiger partial charge is 0.251 e. The molecule has 1 amide bonds. The van der Waals surface area contributed by atoms with Crippen LogP contribution in [-0.4, -0.2) is 38.6 Å². The number of aryl methyl sites for hydroxylation is 1. The summed E-state index contributed by atoms with van der Waals surface area (Å²) in [6.07, 6.45) is 0.339. The van der Waals surface area contributed by atoms with Gasteiger partial charge in [0, 0.05) is 24.8 Å². The van der Waals surface area contributed by atoms with Crippen LogP contribution in [0.1, 0.15) is 36.2 Å². The van der Waals surface area contributed by atoms with Gasteiger partial charge in [-0.05, 0) is 44.9 Å². The summed E-state index contributed by atoms with van der Waals surface area (Å²) in [5.41, 5.74) is 1.05. The molecule has 6 nitrogen and oxygen atoms in total. The van der Waals surface area contributed by atoms with Crippen LogP contribution in [0.4, 0.5) is 0 Å². The Morgan fingerprint density at radius 1 is 1.33 bits per heavy atom. The molecular formula is C14H22N2O4S. The molecule has 118 valence electrons. The zero-order valence-corrected chi connectivity index (χ0v) is 13.3. The van der Waals surface area contributed by atoms with Gasteiger partial charge >= 0.3 is 0 Å². The predicted molar refractivity (Wildman–Crippen MR) is 80.7 cm³/mol. The number of carbonyl (C=O) groups excluding carboxylic acids is 1. The molecule has 0 aliphatic rings. The van der Waals surface area contributed by atoms with Crippen molar-refractivity contribution in [3.63, 3.8) is 0 Å². The molecule has 0 aromatic heterocycles. The topological polar surface area (TPSA) is 95.5 Å². The fraction of sp³-hybridized carbons (Fsp3) is 0.500. The highest BCUT2D eigenvalue weighted by atomic mass is 32.2. The number of benzene rings is 1. The summed E-state index contributed by atoms with van der Waals surface area (Å²) in [7, 11) is -3.67. The Morgan fingerprint density at radius 3 is 2.57 bits per heavy atom. The Hall–Kier alpha value is -1.44. The summed E-state index contributed by atoms with van der Waals surface area (Å²) in [6, 6.07) is 4.41. The van der Waals surface area contributed by atoms with Gasteiger partial charge in [-0.25, -0.2) is 13.1 Å². The van der Waals surface area contributed by atoms with Gasteiger partial charge in [0.2, 0.25) is 10.0 Å². The largest absolute Gasteiger partial charge is 0.396 e. The molecule has 0 aliphatic heterocycles. The van der Waals surface area contributed by atoms with E-state index < -0.39 is 10.0 Å². The van der Waals surface area contributed by atoms with Crippen molar-refractivity contribution in [3.05, 3.63) is 29.3 Å². The van der Waals surface area contributed by atoms with E-state index in [2.05, 4.69) is 10.0 Å². The van der Waals surface area contributed by atoms with E-state index in [1.54, 1.807) is 13.0 Å². The highest BCUT2D eigenvalue weighted by Crippen LogP contribution is 2.16. The van der Waals surface area contributed by atoms with Gasteiger partial charge in [-0.1, -0.05) is 6.07 Å². The van der Waals surface area contributed by atoms with Crippen molar-refractivity contribution < 1.29 is 18.3 Å². The number of hydrogen-bond donors (Lipinski definition) is 3. The molecule has 0 atom stereocenters. The fourth-order valence-electron chi connectivity index (χ4n) is 1.72. The molecular weight excluding hydrogens is 292 g/mol. The average molecular weight is 314 g/mol. The van der Waals surface area contributed by atoms with Crippen molar-refractivity contribution in [1.82, 2.24) is 10.0 Å². The third kappa shape index (κ3) is 5.11. The van der Waals surface area contributed by atoms with E-state index in [0.717, 1.165) is 0 Å². The first-order valence-corrected chi connectivity index (χ1v) is 8.28. The molecule has 0 fully saturated rings. The van der Waals surface area contributed by atoms with Crippen LogP contribution in [0.15, 0.2) is 23.1 Å². The number of nitrogens with one attached hydrogen (secondary N) is 2. The number of carbonyl (C=O) groups is 1. The summed E-state index contributed by atoms with van der Waals surface area (Å²) in [5, 5.41) is 11.4. The normalized spacial score (nSPS) is 11.7. The summed E-state index contributed by atoms with van der Waals surface area (Å²) < 4.78 is 26.6. The number of aliphatic hydroxyl groups is 1. The van der Waals surface area contributed by atoms with Gasteiger partial charge in [0.1, 0.15) is 0 Å². The first kappa shape index (κ1) is 17.6. The molecule has 0 spiro atoms. The van der Waals surface area contributed by atoms with Crippen LogP contribution < -0.4 is 10.0 Å². The van der Waals surface area contributed by atoms with Crippen molar-refractivity contribution in [3.8, 4) is 0 Å². The van der Waals surface area contributed by atoms with Gasteiger partial charge in [-0.2, -0.15) is 0 Å². The lowest BCUT2D eigenvalue weighted by Gasteiger charge is -2.12. The van der Waals surface area contributed by atoms with Gasteiger partial charge in [0.25, 0.3) is 5.91 Å². The molecule has 1 aromatic carbocycles. The van der Waals surface area contributed by atoms with E-state index in [4.69, 9.17) is 5.11 Å². The quantitative estimate of drug-likeness (QED) is 0.649. The van der Waals surface area contributed by atoms with Gasteiger partial charge in [0.05, 0.1) is 4.90 Å². The van der Waals surface area contributed by atoms with E-state index >= 15 is 0 Å². The van der Waals surface area contributed by atoms with Crippen molar-refractivity contribution in [2.75, 3.05) is 13.2 Å². The van der Waals surface area contributed by atoms with E-state index in [9.17, 15) is 13.2 Å². The molecule has 0 unspecified atom stereocenters. The second kappa shape index (κ2) is 7.53. The van der Waals surface area contributed by atoms with Crippen LogP contribution in [0.3, 0.4) is 0 Å². The minimum Gasteiger partial charge on any atom is -0.396 e. The summed E-state index contributed by atoms with van der Waals surface area (Å²) in [4.78, 5) is 12.1. The van der Waals surface area contributed by atoms with Crippen molar-refractivity contribution in [1.29, 1.82) is 0 Å². The van der Waals surface area contributed by atoms with E-state index in [1.807, 2.05) is 13.8 Å². The maximum atomic E-state index is 12.1. The Bertz CT molecular complexity index is 597. The number of sulfonamides is 1. The van der Waals surface area contributed by atoms with Gasteiger partial charge in [0.15, 0.2) is 0 Å². The SMILES string of the molecule is Cc1ccc(S(=O)(=O)NCCCO)cc1C(=O)NC(C)C. The Labute approximate surface area is 125 Å². The summed E-state index contributed by atoms with van der Waals surface area (Å²) in [5.74, 6) is -0.296. The lowest BCUT2D eigenvalue weighted by atomic mass is 10.1. The lowest BCUT2D eigenvalue weighted by molar-refractivity contribution is 0.0942. The highest BCUT2D eigenvalue weighted by Gasteiger charge is 2.17. The molecule has 21 heavy (non-hydrogen) atoms. The summed E-state index contributed by atoms with van der Waals surface area (Å²) in [6.45, 7) is 5.50. The maximum absolute atomic E-state index is 12.1. The van der Waals surface area contributed by atoms with Crippen LogP contribution in [0.5, 0.6) is 0 Å². The third-order valence-corrected chi connectivity index (χ3v) is 4.27. The standard InChI is InChI=1S/C14H22N2O4S/c1-10(2)16-14(18)13-9-12(6-5-11(13)3)21(19,20)15-7-4-8-17/h5-6,9-10,15,17H,4,7-8H2,1-3H3,(H,16,18). The molecule has 0 saturated heterocycles. The van der Waals surface area contributed by atoms with Gasteiger partial charge in [-0.3, -0.25) is 4.79 Å². The van der Waals surface area contributed by atoms with E-state index in [-0.39, 0.29) is 30.0 Å². The van der Waals surface area contributed by atoms with E-state index in [0.29, 0.717) is 17.5 Å². The monoisotopic (exact) mass is 314 g/mol. The van der Waals surface area contributed by atoms with Crippen LogP contribution in [-0.2, 0) is 10.0 Å². The molecule has 1 aromatic rings. The first-order chi connectivity index (χ1) is 9.77. The fourth-order valence-corrected chi connectivity index (χ4v) is 2.82. The molecule has 0 heterocycles. The zero-order chi connectivity index (χ0) is 16.0. The number of rotatable bonds is 7. The van der Waals surface area contributed by atoms with Crippen molar-refractivity contribution >= 4 is 15.9 Å². The van der Waals surface area contributed by atoms with Gasteiger partial charge < -0.3 is 10.4 Å². The third-order valence-electron chi connectivity index (χ3n) is 2.81. The van der Waals surface area contributed by atoms with E-state index in [1.165, 1.54) is 12.1 Å². The van der Waals surface area contributed by atoms with Crippen LogP contribution in [0, 0.1) is 6.92 Å². The second-order valence-corrected chi connectivity index (χ2v) is 6.85. The zero-order valence-electron chi connectivity index (χ0n) is 12.5. The molecule has 0 aliphatic carbocycles. The van der Waals surface area contributed by atoms with Crippen LogP contribution in [0.25, 0.3) is 0 Å². The molecule has 7 heteroatoms. The van der Waals surface area contributed by atoms with Crippen molar-refractivity contribution in [2.45, 2.75) is 38.1 Å². The Kier molecular flexibility index (Phi) is 6.32. The van der Waals surface area contributed by atoms with Crippen molar-refractivity contribution in [2.24, 2.45) is 0 Å². The lowest BCUT2D eigenvalue weighted by Crippen LogP contribution is -2.31.